The van der Waals surface area contributed by atoms with Gasteiger partial charge in [-0.05, 0) is 24.0 Å². The Morgan fingerprint density at radius 3 is 2.70 bits per heavy atom. The molecule has 0 spiro atoms. The maximum absolute atomic E-state index is 13.2. The molecule has 0 saturated heterocycles. The fourth-order valence-electron chi connectivity index (χ4n) is 1.41. The summed E-state index contributed by atoms with van der Waals surface area (Å²) in [5.74, 6) is -0.596. The van der Waals surface area contributed by atoms with Crippen molar-refractivity contribution in [3.05, 3.63) is 34.6 Å². The Labute approximate surface area is 127 Å². The summed E-state index contributed by atoms with van der Waals surface area (Å²) in [6, 6.07) is 3.68. The SMILES string of the molecule is CS[C@H](C)CNC(=O)NC[C@@H](O)c1ccc(Cl)c(F)c1. The van der Waals surface area contributed by atoms with Crippen LogP contribution in [0.1, 0.15) is 18.6 Å². The van der Waals surface area contributed by atoms with Gasteiger partial charge in [-0.2, -0.15) is 11.8 Å². The highest BCUT2D eigenvalue weighted by molar-refractivity contribution is 7.99. The van der Waals surface area contributed by atoms with Crippen LogP contribution in [-0.4, -0.2) is 35.7 Å². The zero-order valence-corrected chi connectivity index (χ0v) is 12.9. The van der Waals surface area contributed by atoms with Crippen LogP contribution in [0.4, 0.5) is 9.18 Å². The number of aliphatic hydroxyl groups is 1. The molecule has 0 aliphatic carbocycles. The first-order valence-electron chi connectivity index (χ1n) is 6.11. The third-order valence-corrected chi connectivity index (χ3v) is 4.01. The van der Waals surface area contributed by atoms with Crippen molar-refractivity contribution in [2.45, 2.75) is 18.3 Å². The molecule has 0 radical (unpaired) electrons. The number of nitrogens with one attached hydrogen (secondary N) is 2. The summed E-state index contributed by atoms with van der Waals surface area (Å²) in [6.45, 7) is 2.54. The van der Waals surface area contributed by atoms with Gasteiger partial charge in [0.25, 0.3) is 0 Å². The van der Waals surface area contributed by atoms with E-state index < -0.39 is 11.9 Å². The Kier molecular flexibility index (Phi) is 7.12. The summed E-state index contributed by atoms with van der Waals surface area (Å²) in [5, 5.41) is 15.4. The quantitative estimate of drug-likeness (QED) is 0.755. The van der Waals surface area contributed by atoms with E-state index in [0.717, 1.165) is 6.07 Å². The fourth-order valence-corrected chi connectivity index (χ4v) is 1.78. The van der Waals surface area contributed by atoms with Crippen LogP contribution in [0, 0.1) is 5.82 Å². The van der Waals surface area contributed by atoms with Gasteiger partial charge in [0.15, 0.2) is 0 Å². The minimum atomic E-state index is -0.981. The van der Waals surface area contributed by atoms with Crippen molar-refractivity contribution in [1.82, 2.24) is 10.6 Å². The van der Waals surface area contributed by atoms with Gasteiger partial charge in [-0.25, -0.2) is 9.18 Å². The molecule has 0 aromatic heterocycles. The predicted octanol–water partition coefficient (Wildman–Crippen LogP) is 2.56. The Morgan fingerprint density at radius 2 is 2.10 bits per heavy atom. The van der Waals surface area contributed by atoms with E-state index in [4.69, 9.17) is 11.6 Å². The average Bonchev–Trinajstić information content (AvgIpc) is 2.44. The van der Waals surface area contributed by atoms with Crippen LogP contribution in [0.2, 0.25) is 5.02 Å². The molecule has 0 fully saturated rings. The van der Waals surface area contributed by atoms with E-state index in [1.807, 2.05) is 13.2 Å². The second kappa shape index (κ2) is 8.34. The minimum absolute atomic E-state index is 0.000550. The molecule has 0 unspecified atom stereocenters. The van der Waals surface area contributed by atoms with Crippen LogP contribution in [0.15, 0.2) is 18.2 Å². The van der Waals surface area contributed by atoms with Crippen molar-refractivity contribution < 1.29 is 14.3 Å². The van der Waals surface area contributed by atoms with Crippen molar-refractivity contribution in [3.63, 3.8) is 0 Å². The molecule has 7 heteroatoms. The van der Waals surface area contributed by atoms with Gasteiger partial charge in [0.2, 0.25) is 0 Å². The third kappa shape index (κ3) is 5.56. The Morgan fingerprint density at radius 1 is 1.45 bits per heavy atom. The molecule has 20 heavy (non-hydrogen) atoms. The van der Waals surface area contributed by atoms with Crippen molar-refractivity contribution in [3.8, 4) is 0 Å². The first kappa shape index (κ1) is 17.1. The van der Waals surface area contributed by atoms with Crippen LogP contribution in [-0.2, 0) is 0 Å². The molecular weight excluding hydrogens is 303 g/mol. The monoisotopic (exact) mass is 320 g/mol. The lowest BCUT2D eigenvalue weighted by atomic mass is 10.1. The first-order valence-corrected chi connectivity index (χ1v) is 7.78. The molecule has 4 nitrogen and oxygen atoms in total. The van der Waals surface area contributed by atoms with E-state index in [2.05, 4.69) is 10.6 Å². The number of benzene rings is 1. The predicted molar refractivity (Wildman–Crippen MR) is 80.7 cm³/mol. The van der Waals surface area contributed by atoms with Gasteiger partial charge in [0, 0.05) is 18.3 Å². The molecule has 0 aliphatic rings. The largest absolute Gasteiger partial charge is 0.387 e. The van der Waals surface area contributed by atoms with Crippen LogP contribution >= 0.6 is 23.4 Å². The highest BCUT2D eigenvalue weighted by Gasteiger charge is 2.12. The highest BCUT2D eigenvalue weighted by Crippen LogP contribution is 2.19. The number of hydrogen-bond acceptors (Lipinski definition) is 3. The lowest BCUT2D eigenvalue weighted by Gasteiger charge is -2.14. The zero-order valence-electron chi connectivity index (χ0n) is 11.3. The molecule has 2 atom stereocenters. The lowest BCUT2D eigenvalue weighted by molar-refractivity contribution is 0.173. The number of carbonyl (C=O) groups is 1. The number of aliphatic hydroxyl groups excluding tert-OH is 1. The summed E-state index contributed by atoms with van der Waals surface area (Å²) >= 11 is 7.20. The number of hydrogen-bond donors (Lipinski definition) is 3. The van der Waals surface area contributed by atoms with Crippen molar-refractivity contribution >= 4 is 29.4 Å². The Balaban J connectivity index is 2.40. The second-order valence-corrected chi connectivity index (χ2v) is 6.01. The molecule has 0 heterocycles. The Bertz CT molecular complexity index is 462. The molecule has 0 aliphatic heterocycles. The highest BCUT2D eigenvalue weighted by atomic mass is 35.5. The van der Waals surface area contributed by atoms with E-state index in [0.29, 0.717) is 17.4 Å². The van der Waals surface area contributed by atoms with Gasteiger partial charge in [-0.3, -0.25) is 0 Å². The lowest BCUT2D eigenvalue weighted by Crippen LogP contribution is -2.40. The first-order chi connectivity index (χ1) is 9.43. The van der Waals surface area contributed by atoms with Gasteiger partial charge in [-0.1, -0.05) is 24.6 Å². The molecule has 1 rings (SSSR count). The van der Waals surface area contributed by atoms with E-state index in [9.17, 15) is 14.3 Å². The summed E-state index contributed by atoms with van der Waals surface area (Å²) < 4.78 is 13.2. The molecule has 0 saturated carbocycles. The zero-order chi connectivity index (χ0) is 15.1. The van der Waals surface area contributed by atoms with Gasteiger partial charge < -0.3 is 15.7 Å². The van der Waals surface area contributed by atoms with Gasteiger partial charge in [-0.15, -0.1) is 0 Å². The Hall–Kier alpha value is -0.980. The number of rotatable bonds is 6. The van der Waals surface area contributed by atoms with Crippen molar-refractivity contribution in [2.75, 3.05) is 19.3 Å². The van der Waals surface area contributed by atoms with Gasteiger partial charge >= 0.3 is 6.03 Å². The second-order valence-electron chi connectivity index (χ2n) is 4.33. The summed E-state index contributed by atoms with van der Waals surface area (Å²) in [4.78, 5) is 11.5. The van der Waals surface area contributed by atoms with Crippen molar-refractivity contribution in [2.24, 2.45) is 0 Å². The minimum Gasteiger partial charge on any atom is -0.387 e. The van der Waals surface area contributed by atoms with Gasteiger partial charge in [0.1, 0.15) is 5.82 Å². The molecule has 3 N–H and O–H groups in total. The molecular formula is C13H18ClFN2O2S. The number of halogens is 2. The molecule has 2 amide bonds. The van der Waals surface area contributed by atoms with E-state index in [1.54, 1.807) is 11.8 Å². The third-order valence-electron chi connectivity index (χ3n) is 2.74. The summed E-state index contributed by atoms with van der Waals surface area (Å²) in [6.07, 6.45) is 0.980. The smallest absolute Gasteiger partial charge is 0.314 e. The summed E-state index contributed by atoms with van der Waals surface area (Å²) in [5.41, 5.74) is 0.365. The van der Waals surface area contributed by atoms with E-state index in [-0.39, 0.29) is 17.6 Å². The van der Waals surface area contributed by atoms with Crippen molar-refractivity contribution in [1.29, 1.82) is 0 Å². The van der Waals surface area contributed by atoms with E-state index in [1.165, 1.54) is 12.1 Å². The van der Waals surface area contributed by atoms with Crippen LogP contribution in [0.3, 0.4) is 0 Å². The normalized spacial score (nSPS) is 13.7. The van der Waals surface area contributed by atoms with Gasteiger partial charge in [0.05, 0.1) is 11.1 Å². The van der Waals surface area contributed by atoms with Crippen LogP contribution < -0.4 is 10.6 Å². The maximum atomic E-state index is 13.2. The standard InChI is InChI=1S/C13H18ClFN2O2S/c1-8(20-2)6-16-13(19)17-7-12(18)9-3-4-10(14)11(15)5-9/h3-5,8,12,18H,6-7H2,1-2H3,(H2,16,17,19)/t8-,12-/m1/s1. The number of amides is 2. The molecule has 1 aromatic carbocycles. The topological polar surface area (TPSA) is 61.4 Å². The molecule has 112 valence electrons. The number of urea groups is 1. The molecule has 0 bridgehead atoms. The van der Waals surface area contributed by atoms with Crippen LogP contribution in [0.5, 0.6) is 0 Å². The van der Waals surface area contributed by atoms with E-state index >= 15 is 0 Å². The molecule has 1 aromatic rings. The number of carbonyl (C=O) groups excluding carboxylic acids is 1. The van der Waals surface area contributed by atoms with Crippen LogP contribution in [0.25, 0.3) is 0 Å². The fraction of sp³-hybridized carbons (Fsp3) is 0.462. The average molecular weight is 321 g/mol. The summed E-state index contributed by atoms with van der Waals surface area (Å²) in [7, 11) is 0. The maximum Gasteiger partial charge on any atom is 0.314 e. The number of thioether (sulfide) groups is 1.